The molecule has 2 aromatic rings. The number of hydrogen-bond donors (Lipinski definition) is 1. The van der Waals surface area contributed by atoms with Crippen molar-refractivity contribution in [1.29, 1.82) is 0 Å². The van der Waals surface area contributed by atoms with Gasteiger partial charge in [0.1, 0.15) is 0 Å². The Morgan fingerprint density at radius 1 is 1.10 bits per heavy atom. The summed E-state index contributed by atoms with van der Waals surface area (Å²) in [6, 6.07) is 9.15. The third-order valence-electron chi connectivity index (χ3n) is 4.41. The summed E-state index contributed by atoms with van der Waals surface area (Å²) in [5.74, 6) is -1.30. The molecule has 0 aliphatic heterocycles. The van der Waals surface area contributed by atoms with Crippen molar-refractivity contribution < 1.29 is 18.3 Å². The SMILES string of the molecule is OC1(c2cccc3cccnc23)CCC(C(F)(F)F)CC1. The zero-order valence-corrected chi connectivity index (χ0v) is 11.4. The van der Waals surface area contributed by atoms with Crippen molar-refractivity contribution in [3.05, 3.63) is 42.1 Å². The molecule has 1 fully saturated rings. The van der Waals surface area contributed by atoms with Crippen LogP contribution in [-0.4, -0.2) is 16.3 Å². The third kappa shape index (κ3) is 2.62. The minimum Gasteiger partial charge on any atom is -0.385 e. The molecule has 1 heterocycles. The highest BCUT2D eigenvalue weighted by Gasteiger charge is 2.46. The van der Waals surface area contributed by atoms with Gasteiger partial charge in [0.05, 0.1) is 17.0 Å². The van der Waals surface area contributed by atoms with Crippen molar-refractivity contribution in [2.24, 2.45) is 5.92 Å². The summed E-state index contributed by atoms with van der Waals surface area (Å²) in [6.45, 7) is 0. The predicted molar refractivity (Wildman–Crippen MR) is 73.7 cm³/mol. The van der Waals surface area contributed by atoms with Crippen LogP contribution in [0.25, 0.3) is 10.9 Å². The van der Waals surface area contributed by atoms with Gasteiger partial charge < -0.3 is 5.11 Å². The van der Waals surface area contributed by atoms with Gasteiger partial charge in [0.25, 0.3) is 0 Å². The number of rotatable bonds is 1. The molecular formula is C16H16F3NO. The maximum Gasteiger partial charge on any atom is 0.391 e. The van der Waals surface area contributed by atoms with Crippen LogP contribution in [-0.2, 0) is 5.60 Å². The van der Waals surface area contributed by atoms with Gasteiger partial charge in [-0.25, -0.2) is 0 Å². The second-order valence-corrected chi connectivity index (χ2v) is 5.73. The number of para-hydroxylation sites is 1. The van der Waals surface area contributed by atoms with E-state index in [1.165, 1.54) is 0 Å². The van der Waals surface area contributed by atoms with Gasteiger partial charge in [-0.3, -0.25) is 4.98 Å². The number of aromatic nitrogens is 1. The van der Waals surface area contributed by atoms with E-state index >= 15 is 0 Å². The zero-order valence-electron chi connectivity index (χ0n) is 11.4. The van der Waals surface area contributed by atoms with Crippen LogP contribution < -0.4 is 0 Å². The van der Waals surface area contributed by atoms with E-state index in [2.05, 4.69) is 4.98 Å². The van der Waals surface area contributed by atoms with E-state index in [0.29, 0.717) is 11.1 Å². The van der Waals surface area contributed by atoms with Crippen LogP contribution in [0.2, 0.25) is 0 Å². The molecule has 2 nitrogen and oxygen atoms in total. The first-order valence-electron chi connectivity index (χ1n) is 7.03. The number of benzene rings is 1. The summed E-state index contributed by atoms with van der Waals surface area (Å²) in [5, 5.41) is 11.7. The minimum absolute atomic E-state index is 0.0385. The zero-order chi connectivity index (χ0) is 15.1. The van der Waals surface area contributed by atoms with Crippen LogP contribution in [0.5, 0.6) is 0 Å². The van der Waals surface area contributed by atoms with E-state index in [4.69, 9.17) is 0 Å². The highest BCUT2D eigenvalue weighted by atomic mass is 19.4. The molecule has 1 N–H and O–H groups in total. The molecule has 0 amide bonds. The van der Waals surface area contributed by atoms with E-state index in [1.54, 1.807) is 18.3 Å². The van der Waals surface area contributed by atoms with Crippen LogP contribution >= 0.6 is 0 Å². The van der Waals surface area contributed by atoms with Crippen molar-refractivity contribution in [2.45, 2.75) is 37.5 Å². The van der Waals surface area contributed by atoms with E-state index in [0.717, 1.165) is 5.39 Å². The molecule has 3 rings (SSSR count). The summed E-state index contributed by atoms with van der Waals surface area (Å²) in [7, 11) is 0. The average Bonchev–Trinajstić information content (AvgIpc) is 2.46. The second-order valence-electron chi connectivity index (χ2n) is 5.73. The van der Waals surface area contributed by atoms with Gasteiger partial charge in [-0.1, -0.05) is 24.3 Å². The Labute approximate surface area is 120 Å². The Hall–Kier alpha value is -1.62. The Kier molecular flexibility index (Phi) is 3.40. The third-order valence-corrected chi connectivity index (χ3v) is 4.41. The number of pyridine rings is 1. The number of hydrogen-bond acceptors (Lipinski definition) is 2. The Balaban J connectivity index is 1.93. The minimum atomic E-state index is -4.17. The van der Waals surface area contributed by atoms with E-state index in [1.807, 2.05) is 18.2 Å². The lowest BCUT2D eigenvalue weighted by Gasteiger charge is -2.37. The highest BCUT2D eigenvalue weighted by Crippen LogP contribution is 2.46. The summed E-state index contributed by atoms with van der Waals surface area (Å²) >= 11 is 0. The highest BCUT2D eigenvalue weighted by molar-refractivity contribution is 5.82. The van der Waals surface area contributed by atoms with Gasteiger partial charge in [-0.2, -0.15) is 13.2 Å². The number of alkyl halides is 3. The first-order valence-corrected chi connectivity index (χ1v) is 7.03. The van der Waals surface area contributed by atoms with Crippen LogP contribution in [0.15, 0.2) is 36.5 Å². The van der Waals surface area contributed by atoms with Gasteiger partial charge in [-0.05, 0) is 31.7 Å². The average molecular weight is 295 g/mol. The topological polar surface area (TPSA) is 33.1 Å². The van der Waals surface area contributed by atoms with Gasteiger partial charge in [0.2, 0.25) is 0 Å². The fourth-order valence-electron chi connectivity index (χ4n) is 3.17. The summed E-state index contributed by atoms with van der Waals surface area (Å²) in [4.78, 5) is 4.29. The predicted octanol–water partition coefficient (Wildman–Crippen LogP) is 4.17. The maximum absolute atomic E-state index is 12.8. The summed E-state index contributed by atoms with van der Waals surface area (Å²) in [5.41, 5.74) is 0.101. The monoisotopic (exact) mass is 295 g/mol. The molecule has 5 heteroatoms. The summed E-state index contributed by atoms with van der Waals surface area (Å²) < 4.78 is 38.3. The normalized spacial score (nSPS) is 27.0. The second kappa shape index (κ2) is 4.98. The molecular weight excluding hydrogens is 279 g/mol. The molecule has 0 saturated heterocycles. The quantitative estimate of drug-likeness (QED) is 0.856. The van der Waals surface area contributed by atoms with Gasteiger partial charge in [-0.15, -0.1) is 0 Å². The van der Waals surface area contributed by atoms with E-state index in [-0.39, 0.29) is 25.7 Å². The number of nitrogens with zero attached hydrogens (tertiary/aromatic N) is 1. The Morgan fingerprint density at radius 2 is 1.76 bits per heavy atom. The molecule has 0 radical (unpaired) electrons. The summed E-state index contributed by atoms with van der Waals surface area (Å²) in [6.07, 6.45) is -2.37. The molecule has 1 saturated carbocycles. The lowest BCUT2D eigenvalue weighted by atomic mass is 9.74. The van der Waals surface area contributed by atoms with Gasteiger partial charge in [0, 0.05) is 17.1 Å². The van der Waals surface area contributed by atoms with Crippen molar-refractivity contribution in [3.8, 4) is 0 Å². The van der Waals surface area contributed by atoms with E-state index < -0.39 is 17.7 Å². The van der Waals surface area contributed by atoms with Crippen LogP contribution in [0, 0.1) is 5.92 Å². The number of aliphatic hydroxyl groups is 1. The fraction of sp³-hybridized carbons (Fsp3) is 0.438. The maximum atomic E-state index is 12.8. The molecule has 1 aliphatic carbocycles. The van der Waals surface area contributed by atoms with Crippen molar-refractivity contribution in [1.82, 2.24) is 4.98 Å². The van der Waals surface area contributed by atoms with Crippen molar-refractivity contribution in [2.75, 3.05) is 0 Å². The number of halogens is 3. The molecule has 0 bridgehead atoms. The lowest BCUT2D eigenvalue weighted by Crippen LogP contribution is -2.36. The van der Waals surface area contributed by atoms with Crippen molar-refractivity contribution in [3.63, 3.8) is 0 Å². The van der Waals surface area contributed by atoms with Crippen LogP contribution in [0.4, 0.5) is 13.2 Å². The van der Waals surface area contributed by atoms with Gasteiger partial charge in [0.15, 0.2) is 0 Å². The first-order chi connectivity index (χ1) is 9.90. The molecule has 0 unspecified atom stereocenters. The molecule has 21 heavy (non-hydrogen) atoms. The molecule has 1 aromatic heterocycles. The molecule has 0 atom stereocenters. The standard InChI is InChI=1S/C16H16F3NO/c17-16(18,19)12-6-8-15(21,9-7-12)13-5-1-3-11-4-2-10-20-14(11)13/h1-5,10,12,21H,6-9H2. The van der Waals surface area contributed by atoms with Crippen LogP contribution in [0.1, 0.15) is 31.2 Å². The van der Waals surface area contributed by atoms with Crippen LogP contribution in [0.3, 0.4) is 0 Å². The van der Waals surface area contributed by atoms with Crippen molar-refractivity contribution >= 4 is 10.9 Å². The fourth-order valence-corrected chi connectivity index (χ4v) is 3.17. The van der Waals surface area contributed by atoms with E-state index in [9.17, 15) is 18.3 Å². The van der Waals surface area contributed by atoms with Gasteiger partial charge >= 0.3 is 6.18 Å². The molecule has 1 aromatic carbocycles. The Morgan fingerprint density at radius 3 is 2.43 bits per heavy atom. The molecule has 1 aliphatic rings. The Bertz CT molecular complexity index is 640. The lowest BCUT2D eigenvalue weighted by molar-refractivity contribution is -0.193. The first kappa shape index (κ1) is 14.3. The smallest absolute Gasteiger partial charge is 0.385 e. The number of fused-ring (bicyclic) bond motifs is 1. The molecule has 112 valence electrons. The largest absolute Gasteiger partial charge is 0.391 e. The molecule has 0 spiro atoms.